The second kappa shape index (κ2) is 9.55. The molecule has 3 aliphatic heterocycles. The van der Waals surface area contributed by atoms with Crippen LogP contribution in [0.3, 0.4) is 0 Å². The van der Waals surface area contributed by atoms with Crippen molar-refractivity contribution in [3.05, 3.63) is 48.2 Å². The van der Waals surface area contributed by atoms with E-state index in [9.17, 15) is 5.11 Å². The molecule has 3 aromatic rings. The Labute approximate surface area is 211 Å². The summed E-state index contributed by atoms with van der Waals surface area (Å²) in [5.74, 6) is 2.88. The van der Waals surface area contributed by atoms with Crippen molar-refractivity contribution >= 4 is 23.3 Å². The van der Waals surface area contributed by atoms with E-state index in [1.807, 2.05) is 18.3 Å². The van der Waals surface area contributed by atoms with Gasteiger partial charge in [-0.1, -0.05) is 12.1 Å². The van der Waals surface area contributed by atoms with E-state index in [0.29, 0.717) is 31.2 Å². The molecule has 2 N–H and O–H groups in total. The van der Waals surface area contributed by atoms with Gasteiger partial charge in [0.15, 0.2) is 0 Å². The molecule has 6 rings (SSSR count). The summed E-state index contributed by atoms with van der Waals surface area (Å²) in [6.07, 6.45) is 2.74. The molecule has 2 saturated heterocycles. The van der Waals surface area contributed by atoms with Crippen LogP contribution in [-0.2, 0) is 11.2 Å². The smallest absolute Gasteiger partial charge is 0.228 e. The summed E-state index contributed by atoms with van der Waals surface area (Å²) in [5.41, 5.74) is 4.00. The van der Waals surface area contributed by atoms with Gasteiger partial charge in [-0.2, -0.15) is 4.98 Å². The minimum atomic E-state index is 0.237. The third-order valence-electron chi connectivity index (χ3n) is 7.15. The number of nitrogens with one attached hydrogen (secondary N) is 1. The standard InChI is InChI=1S/C27H33N7O2/c1-18-16-33(17-19(2)29-18)24-15-21(6-8-28-24)34-9-7-23-25(20-4-3-5-22(35)14-20)30-27(31-26(23)34)32-10-12-36-13-11-32/h3-6,8,14-15,18-19,29,35H,7,9-13,16-17H2,1-2H3. The predicted octanol–water partition coefficient (Wildman–Crippen LogP) is 2.96. The Bertz CT molecular complexity index is 1240. The second-order valence-corrected chi connectivity index (χ2v) is 9.97. The summed E-state index contributed by atoms with van der Waals surface area (Å²) >= 11 is 0. The first-order valence-electron chi connectivity index (χ1n) is 12.8. The topological polar surface area (TPSA) is 89.9 Å². The second-order valence-electron chi connectivity index (χ2n) is 9.97. The zero-order chi connectivity index (χ0) is 24.6. The molecule has 188 valence electrons. The number of anilines is 4. The summed E-state index contributed by atoms with van der Waals surface area (Å²) < 4.78 is 5.56. The molecular weight excluding hydrogens is 454 g/mol. The summed E-state index contributed by atoms with van der Waals surface area (Å²) in [5, 5.41) is 13.8. The quantitative estimate of drug-likeness (QED) is 0.576. The number of rotatable bonds is 4. The van der Waals surface area contributed by atoms with Gasteiger partial charge in [-0.15, -0.1) is 0 Å². The van der Waals surface area contributed by atoms with E-state index in [1.54, 1.807) is 12.1 Å². The molecule has 0 bridgehead atoms. The highest BCUT2D eigenvalue weighted by Gasteiger charge is 2.30. The number of morpholine rings is 1. The van der Waals surface area contributed by atoms with Crippen LogP contribution in [0.1, 0.15) is 19.4 Å². The third-order valence-corrected chi connectivity index (χ3v) is 7.15. The van der Waals surface area contributed by atoms with E-state index in [4.69, 9.17) is 19.7 Å². The molecule has 36 heavy (non-hydrogen) atoms. The van der Waals surface area contributed by atoms with Gasteiger partial charge < -0.3 is 29.9 Å². The fourth-order valence-corrected chi connectivity index (χ4v) is 5.55. The van der Waals surface area contributed by atoms with Crippen molar-refractivity contribution in [3.63, 3.8) is 0 Å². The summed E-state index contributed by atoms with van der Waals surface area (Å²) in [6, 6.07) is 12.4. The minimum absolute atomic E-state index is 0.237. The maximum absolute atomic E-state index is 10.2. The van der Waals surface area contributed by atoms with Crippen LogP contribution in [0.25, 0.3) is 11.3 Å². The van der Waals surface area contributed by atoms with Crippen LogP contribution < -0.4 is 20.0 Å². The van der Waals surface area contributed by atoms with Crippen molar-refractivity contribution in [2.24, 2.45) is 0 Å². The Balaban J connectivity index is 1.40. The molecule has 0 saturated carbocycles. The molecule has 9 nitrogen and oxygen atoms in total. The van der Waals surface area contributed by atoms with E-state index in [-0.39, 0.29) is 5.75 Å². The highest BCUT2D eigenvalue weighted by atomic mass is 16.5. The molecule has 3 aliphatic rings. The number of hydrogen-bond acceptors (Lipinski definition) is 9. The normalized spacial score (nSPS) is 22.1. The van der Waals surface area contributed by atoms with E-state index in [2.05, 4.69) is 46.0 Å². The van der Waals surface area contributed by atoms with Gasteiger partial charge in [0.2, 0.25) is 5.95 Å². The summed E-state index contributed by atoms with van der Waals surface area (Å²) in [6.45, 7) is 9.98. The average Bonchev–Trinajstić information content (AvgIpc) is 3.32. The number of phenolic OH excluding ortho intramolecular Hbond substituents is 1. The van der Waals surface area contributed by atoms with Crippen LogP contribution in [0.2, 0.25) is 0 Å². The molecule has 2 atom stereocenters. The van der Waals surface area contributed by atoms with Crippen LogP contribution in [0.4, 0.5) is 23.3 Å². The van der Waals surface area contributed by atoms with Crippen molar-refractivity contribution in [1.29, 1.82) is 0 Å². The number of nitrogens with zero attached hydrogens (tertiary/aromatic N) is 6. The zero-order valence-corrected chi connectivity index (χ0v) is 20.9. The van der Waals surface area contributed by atoms with Gasteiger partial charge in [0.25, 0.3) is 0 Å². The molecule has 5 heterocycles. The number of pyridine rings is 1. The lowest BCUT2D eigenvalue weighted by Crippen LogP contribution is -2.54. The van der Waals surface area contributed by atoms with E-state index < -0.39 is 0 Å². The van der Waals surface area contributed by atoms with Crippen LogP contribution in [-0.4, -0.2) is 78.1 Å². The number of ether oxygens (including phenoxy) is 1. The predicted molar refractivity (Wildman–Crippen MR) is 141 cm³/mol. The van der Waals surface area contributed by atoms with E-state index in [0.717, 1.165) is 73.3 Å². The average molecular weight is 488 g/mol. The number of fused-ring (bicyclic) bond motifs is 1. The van der Waals surface area contributed by atoms with E-state index >= 15 is 0 Å². The highest BCUT2D eigenvalue weighted by Crippen LogP contribution is 2.40. The molecule has 2 fully saturated rings. The Hall–Kier alpha value is -3.43. The SMILES string of the molecule is CC1CN(c2cc(N3CCc4c(-c5cccc(O)c5)nc(N5CCOCC5)nc43)ccn2)CC(C)N1. The maximum Gasteiger partial charge on any atom is 0.228 e. The molecular formula is C27H33N7O2. The number of phenols is 1. The Morgan fingerprint density at radius 1 is 0.972 bits per heavy atom. The Morgan fingerprint density at radius 2 is 1.78 bits per heavy atom. The first-order valence-corrected chi connectivity index (χ1v) is 12.8. The first-order chi connectivity index (χ1) is 17.5. The molecule has 1 aromatic carbocycles. The molecule has 2 aromatic heterocycles. The van der Waals surface area contributed by atoms with Crippen LogP contribution in [0.15, 0.2) is 42.6 Å². The lowest BCUT2D eigenvalue weighted by molar-refractivity contribution is 0.122. The lowest BCUT2D eigenvalue weighted by Gasteiger charge is -2.37. The number of hydrogen-bond donors (Lipinski definition) is 2. The van der Waals surface area contributed by atoms with Crippen molar-refractivity contribution in [1.82, 2.24) is 20.3 Å². The largest absolute Gasteiger partial charge is 0.508 e. The van der Waals surface area contributed by atoms with Crippen molar-refractivity contribution in [2.45, 2.75) is 32.4 Å². The van der Waals surface area contributed by atoms with Crippen molar-refractivity contribution < 1.29 is 9.84 Å². The number of piperazine rings is 1. The molecule has 0 spiro atoms. The third kappa shape index (κ3) is 4.44. The van der Waals surface area contributed by atoms with Gasteiger partial charge >= 0.3 is 0 Å². The van der Waals surface area contributed by atoms with Crippen molar-refractivity contribution in [3.8, 4) is 17.0 Å². The summed E-state index contributed by atoms with van der Waals surface area (Å²) in [4.78, 5) is 21.6. The molecule has 2 unspecified atom stereocenters. The Kier molecular flexibility index (Phi) is 6.10. The van der Waals surface area contributed by atoms with Gasteiger partial charge in [-0.3, -0.25) is 0 Å². The van der Waals surface area contributed by atoms with Gasteiger partial charge in [0.1, 0.15) is 17.4 Å². The number of benzene rings is 1. The zero-order valence-electron chi connectivity index (χ0n) is 20.9. The van der Waals surface area contributed by atoms with Gasteiger partial charge in [-0.25, -0.2) is 9.97 Å². The lowest BCUT2D eigenvalue weighted by atomic mass is 10.1. The maximum atomic E-state index is 10.2. The highest BCUT2D eigenvalue weighted by molar-refractivity contribution is 5.78. The molecule has 9 heteroatoms. The minimum Gasteiger partial charge on any atom is -0.508 e. The Morgan fingerprint density at radius 3 is 2.56 bits per heavy atom. The summed E-state index contributed by atoms with van der Waals surface area (Å²) in [7, 11) is 0. The van der Waals surface area contributed by atoms with Gasteiger partial charge in [0.05, 0.1) is 18.9 Å². The molecule has 0 amide bonds. The molecule has 0 radical (unpaired) electrons. The van der Waals surface area contributed by atoms with Gasteiger partial charge in [0, 0.05) is 73.9 Å². The molecule has 0 aliphatic carbocycles. The van der Waals surface area contributed by atoms with Crippen molar-refractivity contribution in [2.75, 3.05) is 60.6 Å². The monoisotopic (exact) mass is 487 g/mol. The number of aromatic hydroxyl groups is 1. The van der Waals surface area contributed by atoms with Gasteiger partial charge in [-0.05, 0) is 38.5 Å². The number of aromatic nitrogens is 3. The fourth-order valence-electron chi connectivity index (χ4n) is 5.55. The van der Waals surface area contributed by atoms with E-state index in [1.165, 1.54) is 0 Å². The van der Waals surface area contributed by atoms with Crippen LogP contribution in [0.5, 0.6) is 5.75 Å². The van der Waals surface area contributed by atoms with Crippen LogP contribution >= 0.6 is 0 Å². The van der Waals surface area contributed by atoms with Crippen LogP contribution in [0, 0.1) is 0 Å². The fraction of sp³-hybridized carbons (Fsp3) is 0.444. The first kappa shape index (κ1) is 23.0.